The summed E-state index contributed by atoms with van der Waals surface area (Å²) < 4.78 is 0. The third kappa shape index (κ3) is 7.27. The first-order valence-electron chi connectivity index (χ1n) is 9.60. The number of thiol groups is 1. The van der Waals surface area contributed by atoms with Crippen LogP contribution in [0.3, 0.4) is 0 Å². The minimum absolute atomic E-state index is 0.212. The number of benzene rings is 1. The van der Waals surface area contributed by atoms with Crippen LogP contribution in [-0.2, 0) is 20.9 Å². The molecular weight excluding hydrogens is 436 g/mol. The van der Waals surface area contributed by atoms with Crippen LogP contribution in [0.4, 0.5) is 0 Å². The maximum Gasteiger partial charge on any atom is 0.326 e. The SMILES string of the molecule is Cc1nc2ccc(CN(C)/C(S)=C/C=C/C(=O)N[C@@H](CCC(=O)O)C(=O)O)cc2c(=O)[nH]1. The van der Waals surface area contributed by atoms with Gasteiger partial charge >= 0.3 is 11.9 Å². The predicted molar refractivity (Wildman–Crippen MR) is 121 cm³/mol. The maximum absolute atomic E-state index is 12.1. The smallest absolute Gasteiger partial charge is 0.326 e. The number of H-pyrrole nitrogens is 1. The van der Waals surface area contributed by atoms with Crippen LogP contribution in [0.2, 0.25) is 0 Å². The number of aliphatic carboxylic acids is 2. The standard InChI is InChI=1S/C21H24N4O6S/c1-12-22-15-7-6-13(10-14(15)20(29)23-12)11-25(2)18(32)5-3-4-17(26)24-16(21(30)31)8-9-19(27)28/h3-7,10,16,32H,8-9,11H2,1-2H3,(H,24,26)(H,27,28)(H,30,31)(H,22,23,29)/b4-3+,18-5-/t16-/m0/s1. The zero-order valence-electron chi connectivity index (χ0n) is 17.5. The lowest BCUT2D eigenvalue weighted by Crippen LogP contribution is -2.40. The minimum Gasteiger partial charge on any atom is -0.481 e. The average molecular weight is 461 g/mol. The van der Waals surface area contributed by atoms with Gasteiger partial charge in [-0.3, -0.25) is 14.4 Å². The van der Waals surface area contributed by atoms with Crippen LogP contribution < -0.4 is 10.9 Å². The van der Waals surface area contributed by atoms with Gasteiger partial charge in [-0.2, -0.15) is 0 Å². The summed E-state index contributed by atoms with van der Waals surface area (Å²) in [6, 6.07) is 4.10. The number of nitrogens with zero attached hydrogens (tertiary/aromatic N) is 2. The summed E-state index contributed by atoms with van der Waals surface area (Å²) in [7, 11) is 1.78. The number of nitrogens with one attached hydrogen (secondary N) is 2. The molecule has 11 heteroatoms. The fourth-order valence-electron chi connectivity index (χ4n) is 2.85. The number of fused-ring (bicyclic) bond motifs is 1. The zero-order chi connectivity index (χ0) is 23.8. The first kappa shape index (κ1) is 24.7. The van der Waals surface area contributed by atoms with E-state index in [0.717, 1.165) is 11.6 Å². The molecule has 4 N–H and O–H groups in total. The average Bonchev–Trinajstić information content (AvgIpc) is 2.70. The molecule has 170 valence electrons. The van der Waals surface area contributed by atoms with Crippen LogP contribution >= 0.6 is 12.6 Å². The Morgan fingerprint density at radius 3 is 2.69 bits per heavy atom. The number of amides is 1. The van der Waals surface area contributed by atoms with E-state index in [4.69, 9.17) is 10.2 Å². The number of hydrogen-bond donors (Lipinski definition) is 5. The van der Waals surface area contributed by atoms with Crippen molar-refractivity contribution in [1.82, 2.24) is 20.2 Å². The Morgan fingerprint density at radius 1 is 1.31 bits per heavy atom. The van der Waals surface area contributed by atoms with E-state index in [-0.39, 0.29) is 18.4 Å². The lowest BCUT2D eigenvalue weighted by Gasteiger charge is -2.19. The molecule has 32 heavy (non-hydrogen) atoms. The van der Waals surface area contributed by atoms with Crippen molar-refractivity contribution in [3.8, 4) is 0 Å². The quantitative estimate of drug-likeness (QED) is 0.203. The summed E-state index contributed by atoms with van der Waals surface area (Å²) in [5.41, 5.74) is 1.26. The van der Waals surface area contributed by atoms with E-state index in [0.29, 0.717) is 28.3 Å². The highest BCUT2D eigenvalue weighted by molar-refractivity contribution is 7.84. The van der Waals surface area contributed by atoms with Gasteiger partial charge < -0.3 is 25.4 Å². The van der Waals surface area contributed by atoms with Gasteiger partial charge in [0.2, 0.25) is 5.91 Å². The molecule has 0 fully saturated rings. The molecule has 0 aliphatic carbocycles. The number of hydrogen-bond acceptors (Lipinski definition) is 7. The predicted octanol–water partition coefficient (Wildman–Crippen LogP) is 1.42. The Kier molecular flexibility index (Phi) is 8.59. The molecule has 0 bridgehead atoms. The van der Waals surface area contributed by atoms with Crippen LogP contribution in [0.15, 0.2) is 46.3 Å². The third-order valence-electron chi connectivity index (χ3n) is 4.45. The number of carbonyl (C=O) groups is 3. The van der Waals surface area contributed by atoms with E-state index >= 15 is 0 Å². The van der Waals surface area contributed by atoms with Gasteiger partial charge in [-0.15, -0.1) is 12.6 Å². The summed E-state index contributed by atoms with van der Waals surface area (Å²) in [6.45, 7) is 2.15. The van der Waals surface area contributed by atoms with E-state index in [1.54, 1.807) is 37.1 Å². The second-order valence-corrected chi connectivity index (χ2v) is 7.53. The van der Waals surface area contributed by atoms with Crippen molar-refractivity contribution in [2.75, 3.05) is 7.05 Å². The van der Waals surface area contributed by atoms with Gasteiger partial charge in [0.15, 0.2) is 0 Å². The number of aromatic nitrogens is 2. The van der Waals surface area contributed by atoms with Gasteiger partial charge in [0.05, 0.1) is 15.9 Å². The number of aryl methyl sites for hydroxylation is 1. The number of carboxylic acids is 2. The highest BCUT2D eigenvalue weighted by Crippen LogP contribution is 2.15. The normalized spacial score (nSPS) is 12.7. The topological polar surface area (TPSA) is 153 Å². The summed E-state index contributed by atoms with van der Waals surface area (Å²) in [5.74, 6) is -2.58. The van der Waals surface area contributed by atoms with Gasteiger partial charge in [-0.05, 0) is 37.1 Å². The minimum atomic E-state index is -1.31. The van der Waals surface area contributed by atoms with Crippen molar-refractivity contribution in [2.24, 2.45) is 0 Å². The third-order valence-corrected chi connectivity index (χ3v) is 4.94. The van der Waals surface area contributed by atoms with Crippen molar-refractivity contribution in [1.29, 1.82) is 0 Å². The van der Waals surface area contributed by atoms with Crippen LogP contribution in [0.5, 0.6) is 0 Å². The van der Waals surface area contributed by atoms with Crippen LogP contribution in [0.25, 0.3) is 10.9 Å². The van der Waals surface area contributed by atoms with E-state index in [9.17, 15) is 19.2 Å². The van der Waals surface area contributed by atoms with Gasteiger partial charge in [-0.25, -0.2) is 9.78 Å². The van der Waals surface area contributed by atoms with E-state index < -0.39 is 23.9 Å². The molecule has 1 aromatic heterocycles. The number of carbonyl (C=O) groups excluding carboxylic acids is 1. The number of rotatable bonds is 10. The molecule has 10 nitrogen and oxygen atoms in total. The van der Waals surface area contributed by atoms with Crippen LogP contribution in [-0.4, -0.2) is 56.0 Å². The molecule has 0 unspecified atom stereocenters. The van der Waals surface area contributed by atoms with Crippen molar-refractivity contribution in [3.63, 3.8) is 0 Å². The highest BCUT2D eigenvalue weighted by atomic mass is 32.1. The molecule has 0 radical (unpaired) electrons. The largest absolute Gasteiger partial charge is 0.481 e. The lowest BCUT2D eigenvalue weighted by atomic mass is 10.1. The second-order valence-electron chi connectivity index (χ2n) is 7.07. The van der Waals surface area contributed by atoms with E-state index in [1.165, 1.54) is 6.08 Å². The zero-order valence-corrected chi connectivity index (χ0v) is 18.4. The molecule has 0 aliphatic rings. The van der Waals surface area contributed by atoms with Crippen LogP contribution in [0.1, 0.15) is 24.2 Å². The fourth-order valence-corrected chi connectivity index (χ4v) is 3.01. The van der Waals surface area contributed by atoms with E-state index in [2.05, 4.69) is 27.9 Å². The summed E-state index contributed by atoms with van der Waals surface area (Å²) >= 11 is 4.39. The molecule has 1 aromatic carbocycles. The van der Waals surface area contributed by atoms with Gasteiger partial charge in [0, 0.05) is 26.1 Å². The van der Waals surface area contributed by atoms with Crippen molar-refractivity contribution in [2.45, 2.75) is 32.4 Å². The van der Waals surface area contributed by atoms with Crippen molar-refractivity contribution < 1.29 is 24.6 Å². The van der Waals surface area contributed by atoms with Crippen molar-refractivity contribution in [3.05, 3.63) is 63.2 Å². The number of aromatic amines is 1. The van der Waals surface area contributed by atoms with Gasteiger partial charge in [0.1, 0.15) is 11.9 Å². The van der Waals surface area contributed by atoms with Gasteiger partial charge in [-0.1, -0.05) is 12.1 Å². The molecule has 2 aromatic rings. The second kappa shape index (κ2) is 11.1. The summed E-state index contributed by atoms with van der Waals surface area (Å²) in [4.78, 5) is 54.5. The molecular formula is C21H24N4O6S. The molecule has 0 saturated carbocycles. The Labute approximate surface area is 189 Å². The summed E-state index contributed by atoms with van der Waals surface area (Å²) in [6.07, 6.45) is 3.49. The molecule has 0 spiro atoms. The molecule has 2 rings (SSSR count). The highest BCUT2D eigenvalue weighted by Gasteiger charge is 2.19. The maximum atomic E-state index is 12.1. The molecule has 1 amide bonds. The molecule has 1 atom stereocenters. The van der Waals surface area contributed by atoms with Crippen LogP contribution in [0, 0.1) is 6.92 Å². The first-order valence-corrected chi connectivity index (χ1v) is 10.0. The Bertz CT molecular complexity index is 1140. The Balaban J connectivity index is 1.99. The number of allylic oxidation sites excluding steroid dienone is 2. The molecule has 0 aliphatic heterocycles. The lowest BCUT2D eigenvalue weighted by molar-refractivity contribution is -0.142. The molecule has 0 saturated heterocycles. The van der Waals surface area contributed by atoms with E-state index in [1.807, 2.05) is 6.07 Å². The first-order chi connectivity index (χ1) is 15.1. The van der Waals surface area contributed by atoms with Crippen molar-refractivity contribution >= 4 is 41.4 Å². The van der Waals surface area contributed by atoms with Gasteiger partial charge in [0.25, 0.3) is 5.56 Å². The Hall–Kier alpha value is -3.60. The molecule has 1 heterocycles. The fraction of sp³-hybridized carbons (Fsp3) is 0.286. The Morgan fingerprint density at radius 2 is 2.03 bits per heavy atom. The summed E-state index contributed by atoms with van der Waals surface area (Å²) in [5, 5.41) is 21.0. The number of carboxylic acid groups (broad SMARTS) is 2. The monoisotopic (exact) mass is 460 g/mol.